The van der Waals surface area contributed by atoms with Crippen molar-refractivity contribution in [1.82, 2.24) is 0 Å². The molecule has 1 aromatic rings. The average Bonchev–Trinajstić information content (AvgIpc) is 2.51. The fraction of sp³-hybridized carbons (Fsp3) is 0.214. The molecule has 0 heterocycles. The molecule has 0 aromatic heterocycles. The fourth-order valence-electron chi connectivity index (χ4n) is 1.71. The number of ether oxygens (including phenoxy) is 2. The summed E-state index contributed by atoms with van der Waals surface area (Å²) in [5.74, 6) is -2.32. The van der Waals surface area contributed by atoms with Crippen LogP contribution in [0.25, 0.3) is 0 Å². The van der Waals surface area contributed by atoms with Crippen LogP contribution in [-0.2, 0) is 34.0 Å². The normalized spacial score (nSPS) is 11.4. The lowest BCUT2D eigenvalue weighted by Gasteiger charge is -2.14. The van der Waals surface area contributed by atoms with Gasteiger partial charge < -0.3 is 20.1 Å². The zero-order valence-corrected chi connectivity index (χ0v) is 14.3. The van der Waals surface area contributed by atoms with E-state index in [-0.39, 0.29) is 11.4 Å². The van der Waals surface area contributed by atoms with E-state index in [9.17, 15) is 27.4 Å². The van der Waals surface area contributed by atoms with E-state index in [0.29, 0.717) is 0 Å². The first kappa shape index (κ1) is 20.1. The summed E-state index contributed by atoms with van der Waals surface area (Å²) in [5, 5.41) is 4.79. The highest BCUT2D eigenvalue weighted by Crippen LogP contribution is 2.26. The highest BCUT2D eigenvalue weighted by molar-refractivity contribution is 7.86. The standard InChI is InChI=1S/C14H16N2O8S/c1-8(17)15-9-4-5-12(25(20,21)22)10(6-9)16-11(14(19)24-3)7-13(18)23-2/h4-7,16H,1-3H3,(H,15,17)(H,20,21,22)/b11-7+. The number of anilines is 2. The quantitative estimate of drug-likeness (QED) is 0.369. The predicted octanol–water partition coefficient (Wildman–Crippen LogP) is 0.533. The van der Waals surface area contributed by atoms with Gasteiger partial charge in [-0.05, 0) is 18.2 Å². The first-order chi connectivity index (χ1) is 11.6. The summed E-state index contributed by atoms with van der Waals surface area (Å²) in [4.78, 5) is 33.6. The van der Waals surface area contributed by atoms with Crippen molar-refractivity contribution in [1.29, 1.82) is 0 Å². The Morgan fingerprint density at radius 1 is 1.12 bits per heavy atom. The fourth-order valence-corrected chi connectivity index (χ4v) is 2.34. The first-order valence-corrected chi connectivity index (χ1v) is 8.06. The number of esters is 2. The zero-order valence-electron chi connectivity index (χ0n) is 13.5. The number of carbonyl (C=O) groups is 3. The third kappa shape index (κ3) is 5.90. The molecule has 0 unspecified atom stereocenters. The zero-order chi connectivity index (χ0) is 19.2. The smallest absolute Gasteiger partial charge is 0.354 e. The van der Waals surface area contributed by atoms with Gasteiger partial charge in [-0.1, -0.05) is 0 Å². The molecule has 1 rings (SSSR count). The van der Waals surface area contributed by atoms with Crippen molar-refractivity contribution in [3.05, 3.63) is 30.0 Å². The van der Waals surface area contributed by atoms with Crippen molar-refractivity contribution in [3.8, 4) is 0 Å². The topological polar surface area (TPSA) is 148 Å². The summed E-state index contributed by atoms with van der Waals surface area (Å²) in [6, 6.07) is 3.39. The van der Waals surface area contributed by atoms with Gasteiger partial charge in [-0.2, -0.15) is 8.42 Å². The third-order valence-corrected chi connectivity index (χ3v) is 3.63. The summed E-state index contributed by atoms with van der Waals surface area (Å²) in [5.41, 5.74) is -0.529. The number of benzene rings is 1. The van der Waals surface area contributed by atoms with E-state index >= 15 is 0 Å². The van der Waals surface area contributed by atoms with Gasteiger partial charge in [0.1, 0.15) is 10.6 Å². The minimum absolute atomic E-state index is 0.185. The van der Waals surface area contributed by atoms with Crippen molar-refractivity contribution in [2.24, 2.45) is 0 Å². The Kier molecular flexibility index (Phi) is 6.65. The number of amides is 1. The number of hydrogen-bond acceptors (Lipinski definition) is 8. The monoisotopic (exact) mass is 372 g/mol. The second-order valence-corrected chi connectivity index (χ2v) is 5.95. The van der Waals surface area contributed by atoms with Crippen LogP contribution < -0.4 is 10.6 Å². The van der Waals surface area contributed by atoms with E-state index in [1.807, 2.05) is 0 Å². The van der Waals surface area contributed by atoms with Crippen LogP contribution in [0.2, 0.25) is 0 Å². The van der Waals surface area contributed by atoms with Crippen molar-refractivity contribution in [3.63, 3.8) is 0 Å². The SMILES string of the molecule is COC(=O)/C=C(/Nc1cc(NC(C)=O)ccc1S(=O)(=O)O)C(=O)OC. The summed E-state index contributed by atoms with van der Waals surface area (Å²) in [7, 11) is -2.54. The van der Waals surface area contributed by atoms with Crippen molar-refractivity contribution < 1.29 is 36.8 Å². The molecule has 0 saturated heterocycles. The Bertz CT molecular complexity index is 829. The third-order valence-electron chi connectivity index (χ3n) is 2.72. The minimum Gasteiger partial charge on any atom is -0.466 e. The van der Waals surface area contributed by atoms with Gasteiger partial charge in [0.05, 0.1) is 26.0 Å². The molecule has 11 heteroatoms. The van der Waals surface area contributed by atoms with E-state index in [4.69, 9.17) is 0 Å². The van der Waals surface area contributed by atoms with Crippen LogP contribution in [0.15, 0.2) is 34.9 Å². The van der Waals surface area contributed by atoms with E-state index in [0.717, 1.165) is 32.4 Å². The maximum absolute atomic E-state index is 11.7. The molecular weight excluding hydrogens is 356 g/mol. The van der Waals surface area contributed by atoms with Gasteiger partial charge in [-0.15, -0.1) is 0 Å². The molecule has 0 bridgehead atoms. The van der Waals surface area contributed by atoms with Crippen LogP contribution in [0.4, 0.5) is 11.4 Å². The molecule has 0 aliphatic rings. The van der Waals surface area contributed by atoms with Crippen LogP contribution in [0.5, 0.6) is 0 Å². The molecule has 0 atom stereocenters. The maximum Gasteiger partial charge on any atom is 0.354 e. The molecule has 0 spiro atoms. The minimum atomic E-state index is -4.66. The molecule has 25 heavy (non-hydrogen) atoms. The Morgan fingerprint density at radius 3 is 2.24 bits per heavy atom. The number of methoxy groups -OCH3 is 2. The molecule has 0 fully saturated rings. The summed E-state index contributed by atoms with van der Waals surface area (Å²) >= 11 is 0. The maximum atomic E-state index is 11.7. The van der Waals surface area contributed by atoms with Crippen molar-refractivity contribution >= 4 is 39.3 Å². The van der Waals surface area contributed by atoms with Crippen LogP contribution in [0.3, 0.4) is 0 Å². The Hall–Kier alpha value is -2.92. The lowest BCUT2D eigenvalue weighted by molar-refractivity contribution is -0.138. The predicted molar refractivity (Wildman–Crippen MR) is 86.3 cm³/mol. The molecule has 0 aliphatic carbocycles. The van der Waals surface area contributed by atoms with Gasteiger partial charge in [-0.3, -0.25) is 9.35 Å². The highest BCUT2D eigenvalue weighted by Gasteiger charge is 2.20. The number of nitrogens with one attached hydrogen (secondary N) is 2. The molecule has 136 valence electrons. The van der Waals surface area contributed by atoms with Gasteiger partial charge in [0.2, 0.25) is 5.91 Å². The van der Waals surface area contributed by atoms with E-state index in [1.54, 1.807) is 0 Å². The van der Waals surface area contributed by atoms with Gasteiger partial charge in [-0.25, -0.2) is 9.59 Å². The van der Waals surface area contributed by atoms with Crippen molar-refractivity contribution in [2.75, 3.05) is 24.9 Å². The van der Waals surface area contributed by atoms with Gasteiger partial charge in [0, 0.05) is 12.6 Å². The summed E-state index contributed by atoms with van der Waals surface area (Å²) in [6.07, 6.45) is 0.741. The average molecular weight is 372 g/mol. The summed E-state index contributed by atoms with van der Waals surface area (Å²) < 4.78 is 41.2. The molecule has 0 aliphatic heterocycles. The number of hydrogen-bond donors (Lipinski definition) is 3. The second-order valence-electron chi connectivity index (χ2n) is 4.56. The van der Waals surface area contributed by atoms with Crippen LogP contribution >= 0.6 is 0 Å². The van der Waals surface area contributed by atoms with Gasteiger partial charge in [0.15, 0.2) is 0 Å². The first-order valence-electron chi connectivity index (χ1n) is 6.62. The Morgan fingerprint density at radius 2 is 1.76 bits per heavy atom. The molecule has 3 N–H and O–H groups in total. The Balaban J connectivity index is 3.44. The number of carbonyl (C=O) groups excluding carboxylic acids is 3. The lowest BCUT2D eigenvalue weighted by Crippen LogP contribution is -2.17. The van der Waals surface area contributed by atoms with Crippen LogP contribution in [0, 0.1) is 0 Å². The summed E-state index contributed by atoms with van der Waals surface area (Å²) in [6.45, 7) is 1.24. The number of rotatable bonds is 6. The molecule has 0 saturated carbocycles. The van der Waals surface area contributed by atoms with Crippen molar-refractivity contribution in [2.45, 2.75) is 11.8 Å². The molecule has 0 radical (unpaired) electrons. The van der Waals surface area contributed by atoms with Crippen LogP contribution in [-0.4, -0.2) is 45.0 Å². The molecule has 1 amide bonds. The second kappa shape index (κ2) is 8.26. The van der Waals surface area contributed by atoms with Gasteiger partial charge >= 0.3 is 11.9 Å². The largest absolute Gasteiger partial charge is 0.466 e. The Labute approximate surface area is 143 Å². The lowest BCUT2D eigenvalue weighted by atomic mass is 10.2. The molecule has 10 nitrogen and oxygen atoms in total. The molecule has 1 aromatic carbocycles. The van der Waals surface area contributed by atoms with Gasteiger partial charge in [0.25, 0.3) is 10.1 Å². The molecular formula is C14H16N2O8S. The highest BCUT2D eigenvalue weighted by atomic mass is 32.2. The van der Waals surface area contributed by atoms with E-state index < -0.39 is 38.6 Å². The van der Waals surface area contributed by atoms with E-state index in [2.05, 4.69) is 20.1 Å². The van der Waals surface area contributed by atoms with E-state index in [1.165, 1.54) is 13.0 Å². The van der Waals surface area contributed by atoms with Crippen LogP contribution in [0.1, 0.15) is 6.92 Å².